The summed E-state index contributed by atoms with van der Waals surface area (Å²) in [6.45, 7) is 5.25. The van der Waals surface area contributed by atoms with Crippen molar-refractivity contribution in [3.05, 3.63) is 0 Å². The van der Waals surface area contributed by atoms with Gasteiger partial charge in [0.15, 0.2) is 0 Å². The SMILES string of the molecule is CC(NC(=O)CCCCCCN)C(C)C1CCCCC1. The molecule has 0 aromatic carbocycles. The van der Waals surface area contributed by atoms with Crippen LogP contribution in [0.1, 0.15) is 78.1 Å². The second-order valence-corrected chi connectivity index (χ2v) is 6.57. The van der Waals surface area contributed by atoms with Crippen LogP contribution in [-0.4, -0.2) is 18.5 Å². The smallest absolute Gasteiger partial charge is 0.220 e. The van der Waals surface area contributed by atoms with Crippen molar-refractivity contribution in [2.75, 3.05) is 6.54 Å². The van der Waals surface area contributed by atoms with Gasteiger partial charge in [0.05, 0.1) is 0 Å². The molecular weight excluding hydrogens is 248 g/mol. The van der Waals surface area contributed by atoms with Gasteiger partial charge in [-0.25, -0.2) is 0 Å². The molecule has 3 heteroatoms. The van der Waals surface area contributed by atoms with Crippen LogP contribution in [0.2, 0.25) is 0 Å². The summed E-state index contributed by atoms with van der Waals surface area (Å²) in [4.78, 5) is 11.9. The van der Waals surface area contributed by atoms with E-state index in [0.717, 1.165) is 38.1 Å². The van der Waals surface area contributed by atoms with Gasteiger partial charge in [0.2, 0.25) is 5.91 Å². The number of carbonyl (C=O) groups is 1. The molecule has 0 bridgehead atoms. The highest BCUT2D eigenvalue weighted by atomic mass is 16.1. The summed E-state index contributed by atoms with van der Waals surface area (Å²) < 4.78 is 0. The van der Waals surface area contributed by atoms with Crippen LogP contribution < -0.4 is 11.1 Å². The summed E-state index contributed by atoms with van der Waals surface area (Å²) in [5.74, 6) is 1.65. The molecule has 2 atom stereocenters. The zero-order valence-corrected chi connectivity index (χ0v) is 13.5. The lowest BCUT2D eigenvalue weighted by Crippen LogP contribution is -2.40. The van der Waals surface area contributed by atoms with Gasteiger partial charge in [-0.2, -0.15) is 0 Å². The molecule has 0 saturated heterocycles. The van der Waals surface area contributed by atoms with E-state index in [2.05, 4.69) is 19.2 Å². The number of amides is 1. The van der Waals surface area contributed by atoms with Gasteiger partial charge in [-0.3, -0.25) is 4.79 Å². The van der Waals surface area contributed by atoms with Crippen LogP contribution in [0.15, 0.2) is 0 Å². The highest BCUT2D eigenvalue weighted by Gasteiger charge is 2.25. The Kier molecular flexibility index (Phi) is 8.92. The summed E-state index contributed by atoms with van der Waals surface area (Å²) in [5, 5.41) is 3.20. The van der Waals surface area contributed by atoms with Crippen molar-refractivity contribution in [3.8, 4) is 0 Å². The Morgan fingerprint density at radius 1 is 1.10 bits per heavy atom. The molecule has 1 aliphatic carbocycles. The van der Waals surface area contributed by atoms with Crippen LogP contribution in [0, 0.1) is 11.8 Å². The van der Waals surface area contributed by atoms with Crippen LogP contribution in [0.3, 0.4) is 0 Å². The fourth-order valence-electron chi connectivity index (χ4n) is 3.31. The number of rotatable bonds is 9. The molecule has 118 valence electrons. The topological polar surface area (TPSA) is 55.1 Å². The quantitative estimate of drug-likeness (QED) is 0.635. The number of hydrogen-bond acceptors (Lipinski definition) is 2. The van der Waals surface area contributed by atoms with E-state index in [1.807, 2.05) is 0 Å². The number of hydrogen-bond donors (Lipinski definition) is 2. The second-order valence-electron chi connectivity index (χ2n) is 6.57. The number of nitrogens with two attached hydrogens (primary N) is 1. The summed E-state index contributed by atoms with van der Waals surface area (Å²) in [5.41, 5.74) is 5.46. The maximum atomic E-state index is 11.9. The minimum absolute atomic E-state index is 0.230. The Morgan fingerprint density at radius 2 is 1.75 bits per heavy atom. The molecule has 0 heterocycles. The molecule has 3 nitrogen and oxygen atoms in total. The lowest BCUT2D eigenvalue weighted by molar-refractivity contribution is -0.122. The molecule has 1 amide bonds. The minimum Gasteiger partial charge on any atom is -0.353 e. The standard InChI is InChI=1S/C17H34N2O/c1-14(16-10-6-5-7-11-16)15(2)19-17(20)12-8-3-4-9-13-18/h14-16H,3-13,18H2,1-2H3,(H,19,20). The van der Waals surface area contributed by atoms with Crippen molar-refractivity contribution >= 4 is 5.91 Å². The predicted molar refractivity (Wildman–Crippen MR) is 85.5 cm³/mol. The van der Waals surface area contributed by atoms with Crippen molar-refractivity contribution < 1.29 is 4.79 Å². The van der Waals surface area contributed by atoms with Crippen molar-refractivity contribution in [1.29, 1.82) is 0 Å². The first-order valence-electron chi connectivity index (χ1n) is 8.64. The van der Waals surface area contributed by atoms with Crippen LogP contribution in [-0.2, 0) is 4.79 Å². The highest BCUT2D eigenvalue weighted by molar-refractivity contribution is 5.76. The first kappa shape index (κ1) is 17.5. The van der Waals surface area contributed by atoms with Gasteiger partial charge in [-0.15, -0.1) is 0 Å². The molecule has 1 aliphatic rings. The van der Waals surface area contributed by atoms with E-state index >= 15 is 0 Å². The van der Waals surface area contributed by atoms with E-state index in [-0.39, 0.29) is 5.91 Å². The van der Waals surface area contributed by atoms with Crippen molar-refractivity contribution in [3.63, 3.8) is 0 Å². The minimum atomic E-state index is 0.230. The molecule has 3 N–H and O–H groups in total. The Morgan fingerprint density at radius 3 is 2.40 bits per heavy atom. The first-order chi connectivity index (χ1) is 9.65. The van der Waals surface area contributed by atoms with Gasteiger partial charge in [-0.1, -0.05) is 51.9 Å². The summed E-state index contributed by atoms with van der Waals surface area (Å²) in [7, 11) is 0. The van der Waals surface area contributed by atoms with Crippen molar-refractivity contribution in [2.45, 2.75) is 84.1 Å². The Hall–Kier alpha value is -0.570. The summed E-state index contributed by atoms with van der Waals surface area (Å²) >= 11 is 0. The molecule has 1 rings (SSSR count). The van der Waals surface area contributed by atoms with Gasteiger partial charge in [0.1, 0.15) is 0 Å². The molecular formula is C17H34N2O. The van der Waals surface area contributed by atoms with Gasteiger partial charge < -0.3 is 11.1 Å². The lowest BCUT2D eigenvalue weighted by Gasteiger charge is -2.32. The third-order valence-electron chi connectivity index (χ3n) is 4.93. The lowest BCUT2D eigenvalue weighted by atomic mass is 9.78. The van der Waals surface area contributed by atoms with Crippen molar-refractivity contribution in [2.24, 2.45) is 17.6 Å². The van der Waals surface area contributed by atoms with E-state index in [9.17, 15) is 4.79 Å². The average molecular weight is 282 g/mol. The Balaban J connectivity index is 2.16. The van der Waals surface area contributed by atoms with Gasteiger partial charge in [0, 0.05) is 12.5 Å². The van der Waals surface area contributed by atoms with Crippen LogP contribution in [0.5, 0.6) is 0 Å². The first-order valence-corrected chi connectivity index (χ1v) is 8.64. The molecule has 0 spiro atoms. The Bertz CT molecular complexity index is 262. The predicted octanol–water partition coefficient (Wildman–Crippen LogP) is 3.62. The maximum Gasteiger partial charge on any atom is 0.220 e. The summed E-state index contributed by atoms with van der Waals surface area (Å²) in [6.07, 6.45) is 11.9. The molecule has 0 aromatic heterocycles. The van der Waals surface area contributed by atoms with Gasteiger partial charge >= 0.3 is 0 Å². The third kappa shape index (κ3) is 6.74. The molecule has 1 saturated carbocycles. The molecule has 0 aromatic rings. The fourth-order valence-corrected chi connectivity index (χ4v) is 3.31. The molecule has 1 fully saturated rings. The molecule has 2 unspecified atom stereocenters. The van der Waals surface area contributed by atoms with Crippen LogP contribution in [0.25, 0.3) is 0 Å². The average Bonchev–Trinajstić information content (AvgIpc) is 2.47. The van der Waals surface area contributed by atoms with Crippen LogP contribution in [0.4, 0.5) is 0 Å². The van der Waals surface area contributed by atoms with Crippen molar-refractivity contribution in [1.82, 2.24) is 5.32 Å². The van der Waals surface area contributed by atoms with Gasteiger partial charge in [0.25, 0.3) is 0 Å². The normalized spacial score (nSPS) is 19.6. The van der Waals surface area contributed by atoms with E-state index in [0.29, 0.717) is 18.4 Å². The zero-order valence-electron chi connectivity index (χ0n) is 13.5. The fraction of sp³-hybridized carbons (Fsp3) is 0.941. The largest absolute Gasteiger partial charge is 0.353 e. The third-order valence-corrected chi connectivity index (χ3v) is 4.93. The van der Waals surface area contributed by atoms with E-state index in [1.165, 1.54) is 32.1 Å². The molecule has 20 heavy (non-hydrogen) atoms. The zero-order chi connectivity index (χ0) is 14.8. The van der Waals surface area contributed by atoms with E-state index < -0.39 is 0 Å². The number of nitrogens with one attached hydrogen (secondary N) is 1. The van der Waals surface area contributed by atoms with E-state index in [4.69, 9.17) is 5.73 Å². The highest BCUT2D eigenvalue weighted by Crippen LogP contribution is 2.31. The number of unbranched alkanes of at least 4 members (excludes halogenated alkanes) is 3. The second kappa shape index (κ2) is 10.2. The summed E-state index contributed by atoms with van der Waals surface area (Å²) in [6, 6.07) is 0.314. The van der Waals surface area contributed by atoms with Crippen LogP contribution >= 0.6 is 0 Å². The molecule has 0 aliphatic heterocycles. The monoisotopic (exact) mass is 282 g/mol. The number of carbonyl (C=O) groups excluding carboxylic acids is 1. The Labute approximate surface area is 125 Å². The molecule has 0 radical (unpaired) electrons. The maximum absolute atomic E-state index is 11.9. The van der Waals surface area contributed by atoms with E-state index in [1.54, 1.807) is 0 Å². The van der Waals surface area contributed by atoms with Gasteiger partial charge in [-0.05, 0) is 38.1 Å².